The van der Waals surface area contributed by atoms with Gasteiger partial charge in [-0.05, 0) is 62.4 Å². The van der Waals surface area contributed by atoms with Crippen LogP contribution >= 0.6 is 11.8 Å². The van der Waals surface area contributed by atoms with Crippen LogP contribution in [0.3, 0.4) is 0 Å². The summed E-state index contributed by atoms with van der Waals surface area (Å²) in [4.78, 5) is 28.9. The Balaban J connectivity index is 1.29. The van der Waals surface area contributed by atoms with Crippen LogP contribution in [0, 0.1) is 5.92 Å². The van der Waals surface area contributed by atoms with Gasteiger partial charge in [-0.1, -0.05) is 19.1 Å². The molecular weight excluding hydrogens is 396 g/mol. The van der Waals surface area contributed by atoms with Crippen molar-refractivity contribution < 1.29 is 9.59 Å². The third kappa shape index (κ3) is 7.84. The molecule has 0 aliphatic carbocycles. The molecule has 2 aliphatic rings. The molecule has 3 amide bonds. The molecule has 7 heteroatoms. The molecule has 3 rings (SSSR count). The van der Waals surface area contributed by atoms with Gasteiger partial charge in [0.05, 0.1) is 6.42 Å². The fraction of sp³-hybridized carbons (Fsp3) is 0.652. The smallest absolute Gasteiger partial charge is 0.319 e. The van der Waals surface area contributed by atoms with Crippen LogP contribution in [-0.4, -0.2) is 72.5 Å². The molecule has 0 spiro atoms. The number of hydrogen-bond acceptors (Lipinski definition) is 4. The van der Waals surface area contributed by atoms with Gasteiger partial charge in [-0.2, -0.15) is 11.8 Å². The highest BCUT2D eigenvalue weighted by Crippen LogP contribution is 2.16. The van der Waals surface area contributed by atoms with Crippen LogP contribution in [-0.2, 0) is 11.2 Å². The van der Waals surface area contributed by atoms with Crippen LogP contribution in [0.1, 0.15) is 38.2 Å². The third-order valence-corrected chi connectivity index (χ3v) is 6.80. The summed E-state index contributed by atoms with van der Waals surface area (Å²) in [6.07, 6.45) is 5.20. The second-order valence-electron chi connectivity index (χ2n) is 8.50. The van der Waals surface area contributed by atoms with Crippen LogP contribution < -0.4 is 10.6 Å². The molecule has 2 aliphatic heterocycles. The van der Waals surface area contributed by atoms with Crippen molar-refractivity contribution in [2.24, 2.45) is 5.92 Å². The van der Waals surface area contributed by atoms with E-state index in [0.29, 0.717) is 13.0 Å². The number of nitrogens with zero attached hydrogens (tertiary/aromatic N) is 2. The Labute approximate surface area is 185 Å². The number of nitrogens with one attached hydrogen (secondary N) is 2. The minimum absolute atomic E-state index is 0.170. The Hall–Kier alpha value is -1.73. The van der Waals surface area contributed by atoms with E-state index >= 15 is 0 Å². The lowest BCUT2D eigenvalue weighted by atomic mass is 10.0. The van der Waals surface area contributed by atoms with E-state index < -0.39 is 0 Å². The van der Waals surface area contributed by atoms with Crippen LogP contribution in [0.5, 0.6) is 0 Å². The molecule has 2 saturated heterocycles. The van der Waals surface area contributed by atoms with Crippen molar-refractivity contribution in [3.8, 4) is 0 Å². The van der Waals surface area contributed by atoms with Gasteiger partial charge in [0.15, 0.2) is 0 Å². The number of anilines is 1. The van der Waals surface area contributed by atoms with Gasteiger partial charge in [0.25, 0.3) is 0 Å². The Kier molecular flexibility index (Phi) is 9.33. The van der Waals surface area contributed by atoms with Crippen molar-refractivity contribution in [3.05, 3.63) is 29.8 Å². The van der Waals surface area contributed by atoms with Crippen molar-refractivity contribution in [3.63, 3.8) is 0 Å². The van der Waals surface area contributed by atoms with Gasteiger partial charge in [0.1, 0.15) is 0 Å². The van der Waals surface area contributed by atoms with Gasteiger partial charge >= 0.3 is 6.03 Å². The first kappa shape index (κ1) is 22.9. The average molecular weight is 433 g/mol. The molecule has 0 saturated carbocycles. The maximum atomic E-state index is 12.4. The topological polar surface area (TPSA) is 64.7 Å². The number of thioether (sulfide) groups is 1. The molecule has 1 unspecified atom stereocenters. The number of urea groups is 1. The monoisotopic (exact) mass is 432 g/mol. The van der Waals surface area contributed by atoms with Crippen molar-refractivity contribution >= 4 is 29.4 Å². The van der Waals surface area contributed by atoms with E-state index in [1.807, 2.05) is 40.9 Å². The highest BCUT2D eigenvalue weighted by Gasteiger charge is 2.17. The number of likely N-dealkylation sites (tertiary alicyclic amines) is 1. The van der Waals surface area contributed by atoms with Gasteiger partial charge in [-0.15, -0.1) is 0 Å². The fourth-order valence-corrected chi connectivity index (χ4v) is 5.04. The quantitative estimate of drug-likeness (QED) is 0.618. The molecule has 0 radical (unpaired) electrons. The molecule has 2 fully saturated rings. The summed E-state index contributed by atoms with van der Waals surface area (Å²) in [7, 11) is 0. The third-order valence-electron chi connectivity index (χ3n) is 5.86. The first-order valence-corrected chi connectivity index (χ1v) is 12.5. The number of unbranched alkanes of at least 4 members (excludes halogenated alkanes) is 1. The molecule has 2 heterocycles. The maximum Gasteiger partial charge on any atom is 0.319 e. The van der Waals surface area contributed by atoms with Crippen molar-refractivity contribution in [2.45, 2.75) is 39.0 Å². The first-order valence-electron chi connectivity index (χ1n) is 11.3. The summed E-state index contributed by atoms with van der Waals surface area (Å²) >= 11 is 1.90. The van der Waals surface area contributed by atoms with E-state index in [4.69, 9.17) is 0 Å². The number of carbonyl (C=O) groups is 2. The van der Waals surface area contributed by atoms with Crippen molar-refractivity contribution in [2.75, 3.05) is 56.1 Å². The van der Waals surface area contributed by atoms with E-state index in [2.05, 4.69) is 22.5 Å². The lowest BCUT2D eigenvalue weighted by Crippen LogP contribution is -2.38. The summed E-state index contributed by atoms with van der Waals surface area (Å²) in [6, 6.07) is 7.41. The van der Waals surface area contributed by atoms with E-state index in [9.17, 15) is 9.59 Å². The fourth-order valence-electron chi connectivity index (χ4n) is 4.13. The number of benzene rings is 1. The molecule has 1 aromatic carbocycles. The molecule has 30 heavy (non-hydrogen) atoms. The number of piperidine rings is 1. The number of carbonyl (C=O) groups excluding carboxylic acids is 2. The Morgan fingerprint density at radius 3 is 2.60 bits per heavy atom. The molecule has 166 valence electrons. The van der Waals surface area contributed by atoms with Crippen molar-refractivity contribution in [1.82, 2.24) is 15.1 Å². The second-order valence-corrected chi connectivity index (χ2v) is 9.73. The Morgan fingerprint density at radius 1 is 1.10 bits per heavy atom. The lowest BCUT2D eigenvalue weighted by Gasteiger charge is -2.30. The van der Waals surface area contributed by atoms with E-state index in [-0.39, 0.29) is 11.9 Å². The normalized spacial score (nSPS) is 20.0. The van der Waals surface area contributed by atoms with Gasteiger partial charge < -0.3 is 20.4 Å². The van der Waals surface area contributed by atoms with E-state index in [1.54, 1.807) is 0 Å². The number of rotatable bonds is 8. The largest absolute Gasteiger partial charge is 0.341 e. The van der Waals surface area contributed by atoms with Crippen LogP contribution in [0.15, 0.2) is 24.3 Å². The lowest BCUT2D eigenvalue weighted by molar-refractivity contribution is -0.130. The summed E-state index contributed by atoms with van der Waals surface area (Å²) in [5, 5.41) is 5.81. The van der Waals surface area contributed by atoms with E-state index in [0.717, 1.165) is 61.2 Å². The SMILES string of the molecule is CC1CCCN(CCCCNC(=O)Nc2ccc(CC(=O)N3CCSCC3)cc2)C1. The first-order chi connectivity index (χ1) is 14.6. The highest BCUT2D eigenvalue weighted by molar-refractivity contribution is 7.99. The zero-order valence-corrected chi connectivity index (χ0v) is 19.0. The molecule has 0 aromatic heterocycles. The van der Waals surface area contributed by atoms with Crippen LogP contribution in [0.2, 0.25) is 0 Å². The number of amides is 3. The zero-order valence-electron chi connectivity index (χ0n) is 18.2. The molecule has 2 N–H and O–H groups in total. The van der Waals surface area contributed by atoms with Crippen LogP contribution in [0.4, 0.5) is 10.5 Å². The molecule has 1 atom stereocenters. The minimum atomic E-state index is -0.170. The minimum Gasteiger partial charge on any atom is -0.341 e. The standard InChI is InChI=1S/C23H36N4O2S/c1-19-5-4-12-26(18-19)11-3-2-10-24-23(29)25-21-8-6-20(7-9-21)17-22(28)27-13-15-30-16-14-27/h6-9,19H,2-5,10-18H2,1H3,(H2,24,25,29). The average Bonchev–Trinajstić information content (AvgIpc) is 2.75. The van der Waals surface area contributed by atoms with Gasteiger partial charge in [0.2, 0.25) is 5.91 Å². The Bertz CT molecular complexity index is 676. The predicted molar refractivity (Wildman–Crippen MR) is 125 cm³/mol. The van der Waals surface area contributed by atoms with Crippen molar-refractivity contribution in [1.29, 1.82) is 0 Å². The predicted octanol–water partition coefficient (Wildman–Crippen LogP) is 3.44. The summed E-state index contributed by atoms with van der Waals surface area (Å²) in [5.41, 5.74) is 1.73. The van der Waals surface area contributed by atoms with Gasteiger partial charge in [-0.25, -0.2) is 4.79 Å². The summed E-state index contributed by atoms with van der Waals surface area (Å²) in [5.74, 6) is 3.06. The van der Waals surface area contributed by atoms with E-state index in [1.165, 1.54) is 25.9 Å². The summed E-state index contributed by atoms with van der Waals surface area (Å²) < 4.78 is 0. The van der Waals surface area contributed by atoms with Crippen LogP contribution in [0.25, 0.3) is 0 Å². The maximum absolute atomic E-state index is 12.4. The second kappa shape index (κ2) is 12.2. The van der Waals surface area contributed by atoms with Gasteiger partial charge in [-0.3, -0.25) is 4.79 Å². The molecular formula is C23H36N4O2S. The zero-order chi connectivity index (χ0) is 21.2. The highest BCUT2D eigenvalue weighted by atomic mass is 32.2. The molecule has 6 nitrogen and oxygen atoms in total. The molecule has 1 aromatic rings. The number of hydrogen-bond donors (Lipinski definition) is 2. The van der Waals surface area contributed by atoms with Gasteiger partial charge in [0, 0.05) is 43.4 Å². The summed E-state index contributed by atoms with van der Waals surface area (Å²) in [6.45, 7) is 8.28. The Morgan fingerprint density at radius 2 is 1.87 bits per heavy atom. The molecule has 0 bridgehead atoms.